The Morgan fingerprint density at radius 1 is 0.977 bits per heavy atom. The van der Waals surface area contributed by atoms with Gasteiger partial charge in [-0.05, 0) is 98.2 Å². The molecule has 0 spiro atoms. The molecule has 1 aliphatic rings. The van der Waals surface area contributed by atoms with Crippen molar-refractivity contribution in [2.24, 2.45) is 11.0 Å². The second kappa shape index (κ2) is 15.1. The van der Waals surface area contributed by atoms with Gasteiger partial charge < -0.3 is 19.5 Å². The van der Waals surface area contributed by atoms with Crippen LogP contribution < -0.4 is 20.2 Å². The highest BCUT2D eigenvalue weighted by Crippen LogP contribution is 2.40. The second-order valence-electron chi connectivity index (χ2n) is 10.1. The fourth-order valence-corrected chi connectivity index (χ4v) is 5.84. The summed E-state index contributed by atoms with van der Waals surface area (Å²) in [5.41, 5.74) is 4.39. The maximum Gasteiger partial charge on any atom is 0.343 e. The molecule has 2 amide bonds. The summed E-state index contributed by atoms with van der Waals surface area (Å²) in [5, 5.41) is 6.72. The van der Waals surface area contributed by atoms with E-state index in [4.69, 9.17) is 14.2 Å². The summed E-state index contributed by atoms with van der Waals surface area (Å²) in [6.07, 6.45) is 5.81. The predicted octanol–water partition coefficient (Wildman–Crippen LogP) is 5.54. The third-order valence-electron chi connectivity index (χ3n) is 6.75. The van der Waals surface area contributed by atoms with Crippen LogP contribution in [0, 0.1) is 5.92 Å². The first-order valence-electron chi connectivity index (χ1n) is 14.3. The van der Waals surface area contributed by atoms with Crippen LogP contribution in [-0.4, -0.2) is 43.2 Å². The lowest BCUT2D eigenvalue weighted by atomic mass is 9.88. The first kappa shape index (κ1) is 31.4. The number of amides is 2. The van der Waals surface area contributed by atoms with Crippen molar-refractivity contribution in [1.82, 2.24) is 5.43 Å². The van der Waals surface area contributed by atoms with Gasteiger partial charge in [-0.25, -0.2) is 15.0 Å². The fraction of sp³-hybridized carbons (Fsp3) is 0.344. The van der Waals surface area contributed by atoms with Gasteiger partial charge in [0.25, 0.3) is 0 Å². The standard InChI is InChI=1S/C32H35N3O7S/c1-4-6-17-41-23-14-10-22(11-15-23)31(38)42-24-12-8-21(9-13-24)19-33-35-29(37)28(36)34-30-27(32(39)40-5-2)25-16-7-20(3)18-26(25)43-30/h8-15,19-20H,4-7,16-18H2,1-3H3,(H,34,36)(H,35,37)/b33-19-/t20-/m1/s1. The van der Waals surface area contributed by atoms with Crippen molar-refractivity contribution in [3.05, 3.63) is 75.7 Å². The molecule has 0 fully saturated rings. The molecule has 0 saturated carbocycles. The van der Waals surface area contributed by atoms with Crippen molar-refractivity contribution in [2.45, 2.75) is 52.9 Å². The van der Waals surface area contributed by atoms with Gasteiger partial charge in [0.1, 0.15) is 16.5 Å². The Kier molecular flexibility index (Phi) is 11.0. The van der Waals surface area contributed by atoms with Crippen molar-refractivity contribution in [2.75, 3.05) is 18.5 Å². The average Bonchev–Trinajstić information content (AvgIpc) is 3.35. The van der Waals surface area contributed by atoms with Crippen LogP contribution in [0.5, 0.6) is 11.5 Å². The van der Waals surface area contributed by atoms with E-state index >= 15 is 0 Å². The maximum atomic E-state index is 12.6. The Balaban J connectivity index is 1.30. The monoisotopic (exact) mass is 605 g/mol. The summed E-state index contributed by atoms with van der Waals surface area (Å²) in [7, 11) is 0. The van der Waals surface area contributed by atoms with E-state index in [0.717, 1.165) is 36.1 Å². The minimum Gasteiger partial charge on any atom is -0.494 e. The number of carbonyl (C=O) groups excluding carboxylic acids is 4. The summed E-state index contributed by atoms with van der Waals surface area (Å²) in [4.78, 5) is 51.2. The van der Waals surface area contributed by atoms with Crippen LogP contribution in [0.2, 0.25) is 0 Å². The van der Waals surface area contributed by atoms with E-state index in [-0.39, 0.29) is 6.61 Å². The molecule has 0 unspecified atom stereocenters. The zero-order chi connectivity index (χ0) is 30.8. The highest BCUT2D eigenvalue weighted by atomic mass is 32.1. The lowest BCUT2D eigenvalue weighted by Gasteiger charge is -2.18. The number of carbonyl (C=O) groups is 4. The van der Waals surface area contributed by atoms with Crippen molar-refractivity contribution in [3.8, 4) is 11.5 Å². The number of nitrogens with one attached hydrogen (secondary N) is 2. The average molecular weight is 606 g/mol. The van der Waals surface area contributed by atoms with Crippen LogP contribution in [0.1, 0.15) is 76.8 Å². The Hall–Kier alpha value is -4.51. The van der Waals surface area contributed by atoms with E-state index < -0.39 is 23.8 Å². The topological polar surface area (TPSA) is 132 Å². The molecule has 1 heterocycles. The number of hydrogen-bond donors (Lipinski definition) is 2. The summed E-state index contributed by atoms with van der Waals surface area (Å²) >= 11 is 1.30. The Morgan fingerprint density at radius 3 is 2.40 bits per heavy atom. The number of benzene rings is 2. The molecule has 0 radical (unpaired) electrons. The SMILES string of the molecule is CCCCOc1ccc(C(=O)Oc2ccc(/C=N\NC(=O)C(=O)Nc3sc4c(c3C(=O)OCC)CC[C@@H](C)C4)cc2)cc1. The minimum absolute atomic E-state index is 0.203. The third-order valence-corrected chi connectivity index (χ3v) is 7.92. The van der Waals surface area contributed by atoms with E-state index in [2.05, 4.69) is 29.7 Å². The Morgan fingerprint density at radius 2 is 1.70 bits per heavy atom. The molecule has 10 nitrogen and oxygen atoms in total. The van der Waals surface area contributed by atoms with Crippen molar-refractivity contribution >= 4 is 46.3 Å². The van der Waals surface area contributed by atoms with Gasteiger partial charge in [0.15, 0.2) is 0 Å². The van der Waals surface area contributed by atoms with Crippen molar-refractivity contribution in [3.63, 3.8) is 0 Å². The quantitative estimate of drug-likeness (QED) is 0.0733. The van der Waals surface area contributed by atoms with Crippen LogP contribution in [-0.2, 0) is 27.2 Å². The first-order chi connectivity index (χ1) is 20.8. The molecule has 226 valence electrons. The molecular weight excluding hydrogens is 570 g/mol. The van der Waals surface area contributed by atoms with Gasteiger partial charge in [0.05, 0.1) is 30.6 Å². The van der Waals surface area contributed by atoms with Gasteiger partial charge in [-0.1, -0.05) is 20.3 Å². The number of ether oxygens (including phenoxy) is 3. The molecule has 11 heteroatoms. The summed E-state index contributed by atoms with van der Waals surface area (Å²) < 4.78 is 16.2. The van der Waals surface area contributed by atoms with E-state index in [0.29, 0.717) is 52.1 Å². The maximum absolute atomic E-state index is 12.6. The lowest BCUT2D eigenvalue weighted by molar-refractivity contribution is -0.136. The molecule has 2 aromatic carbocycles. The summed E-state index contributed by atoms with van der Waals surface area (Å²) in [6.45, 7) is 6.77. The van der Waals surface area contributed by atoms with Crippen LogP contribution in [0.3, 0.4) is 0 Å². The van der Waals surface area contributed by atoms with Crippen LogP contribution in [0.15, 0.2) is 53.6 Å². The number of hydrogen-bond acceptors (Lipinski definition) is 9. The number of anilines is 1. The highest BCUT2D eigenvalue weighted by molar-refractivity contribution is 7.17. The molecular formula is C32H35N3O7S. The van der Waals surface area contributed by atoms with Crippen LogP contribution in [0.4, 0.5) is 5.00 Å². The first-order valence-corrected chi connectivity index (χ1v) is 15.1. The third kappa shape index (κ3) is 8.51. The van der Waals surface area contributed by atoms with Crippen LogP contribution in [0.25, 0.3) is 0 Å². The Labute approximate surface area is 254 Å². The molecule has 0 bridgehead atoms. The molecule has 1 aromatic heterocycles. The van der Waals surface area contributed by atoms with Crippen molar-refractivity contribution < 1.29 is 33.4 Å². The summed E-state index contributed by atoms with van der Waals surface area (Å²) in [5.74, 6) is -1.46. The number of rotatable bonds is 11. The zero-order valence-corrected chi connectivity index (χ0v) is 25.3. The number of fused-ring (bicyclic) bond motifs is 1. The van der Waals surface area contributed by atoms with Gasteiger partial charge in [0.2, 0.25) is 0 Å². The summed E-state index contributed by atoms with van der Waals surface area (Å²) in [6, 6.07) is 13.2. The number of unbranched alkanes of at least 4 members (excludes halogenated alkanes) is 1. The largest absolute Gasteiger partial charge is 0.494 e. The molecule has 0 saturated heterocycles. The lowest BCUT2D eigenvalue weighted by Crippen LogP contribution is -2.32. The van der Waals surface area contributed by atoms with Gasteiger partial charge in [-0.3, -0.25) is 9.59 Å². The number of esters is 2. The van der Waals surface area contributed by atoms with E-state index in [1.54, 1.807) is 55.5 Å². The molecule has 3 aromatic rings. The van der Waals surface area contributed by atoms with E-state index in [9.17, 15) is 19.2 Å². The fourth-order valence-electron chi connectivity index (χ4n) is 4.44. The zero-order valence-electron chi connectivity index (χ0n) is 24.4. The predicted molar refractivity (Wildman–Crippen MR) is 164 cm³/mol. The number of hydrazone groups is 1. The molecule has 4 rings (SSSR count). The Bertz CT molecular complexity index is 1480. The van der Waals surface area contributed by atoms with Gasteiger partial charge in [0, 0.05) is 4.88 Å². The molecule has 1 aliphatic carbocycles. The van der Waals surface area contributed by atoms with Gasteiger partial charge in [-0.15, -0.1) is 11.3 Å². The highest BCUT2D eigenvalue weighted by Gasteiger charge is 2.30. The second-order valence-corrected chi connectivity index (χ2v) is 11.2. The number of nitrogens with zero attached hydrogens (tertiary/aromatic N) is 1. The van der Waals surface area contributed by atoms with E-state index in [1.807, 2.05) is 0 Å². The normalized spacial score (nSPS) is 14.1. The van der Waals surface area contributed by atoms with Gasteiger partial charge >= 0.3 is 23.8 Å². The van der Waals surface area contributed by atoms with Crippen LogP contribution >= 0.6 is 11.3 Å². The van der Waals surface area contributed by atoms with Gasteiger partial charge in [-0.2, -0.15) is 5.10 Å². The molecule has 1 atom stereocenters. The number of thiophene rings is 1. The molecule has 2 N–H and O–H groups in total. The molecule has 43 heavy (non-hydrogen) atoms. The van der Waals surface area contributed by atoms with Crippen molar-refractivity contribution in [1.29, 1.82) is 0 Å². The molecule has 0 aliphatic heterocycles. The minimum atomic E-state index is -0.988. The van der Waals surface area contributed by atoms with E-state index in [1.165, 1.54) is 17.6 Å². The smallest absolute Gasteiger partial charge is 0.343 e.